The monoisotopic (exact) mass is 483 g/mol. The Morgan fingerprint density at radius 1 is 0.939 bits per heavy atom. The Labute approximate surface area is 200 Å². The number of anilines is 1. The second kappa shape index (κ2) is 8.74. The molecule has 170 valence electrons. The summed E-state index contributed by atoms with van der Waals surface area (Å²) in [6.45, 7) is 3.78. The molecule has 9 heteroatoms. The number of nitrogens with one attached hydrogen (secondary N) is 1. The number of para-hydroxylation sites is 1. The number of aromatic nitrogens is 3. The summed E-state index contributed by atoms with van der Waals surface area (Å²) in [5, 5.41) is 4.75. The van der Waals surface area contributed by atoms with Crippen LogP contribution in [-0.4, -0.2) is 45.4 Å². The van der Waals surface area contributed by atoms with Gasteiger partial charge in [-0.05, 0) is 30.3 Å². The quantitative estimate of drug-likeness (QED) is 0.481. The van der Waals surface area contributed by atoms with Crippen molar-refractivity contribution in [1.29, 1.82) is 0 Å². The number of nitrogens with zero attached hydrogens (tertiary/aromatic N) is 4. The fourth-order valence-corrected chi connectivity index (χ4v) is 4.80. The zero-order valence-electron chi connectivity index (χ0n) is 18.1. The van der Waals surface area contributed by atoms with Gasteiger partial charge in [0.2, 0.25) is 0 Å². The SMILES string of the molecule is Cn1c(CN2CCN(c3cccc(Cl)c3)CC2)c2c(=O)n(-c3ccccc3Cl)[nH]c2cc1=O. The van der Waals surface area contributed by atoms with E-state index in [4.69, 9.17) is 23.2 Å². The number of halogens is 2. The molecular weight excluding hydrogens is 461 g/mol. The first-order valence-corrected chi connectivity index (χ1v) is 11.5. The van der Waals surface area contributed by atoms with E-state index < -0.39 is 0 Å². The van der Waals surface area contributed by atoms with Crippen molar-refractivity contribution in [2.75, 3.05) is 31.1 Å². The summed E-state index contributed by atoms with van der Waals surface area (Å²) in [6.07, 6.45) is 0. The van der Waals surface area contributed by atoms with Crippen LogP contribution in [0.2, 0.25) is 10.0 Å². The Morgan fingerprint density at radius 2 is 1.70 bits per heavy atom. The minimum Gasteiger partial charge on any atom is -0.369 e. The summed E-state index contributed by atoms with van der Waals surface area (Å²) in [5.74, 6) is 0. The fourth-order valence-electron chi connectivity index (χ4n) is 4.40. The number of benzene rings is 2. The third-order valence-corrected chi connectivity index (χ3v) is 6.78. The van der Waals surface area contributed by atoms with Gasteiger partial charge in [0.15, 0.2) is 0 Å². The van der Waals surface area contributed by atoms with Crippen LogP contribution in [0.15, 0.2) is 64.2 Å². The highest BCUT2D eigenvalue weighted by Gasteiger charge is 2.22. The molecule has 1 aliphatic rings. The van der Waals surface area contributed by atoms with Crippen LogP contribution in [0, 0.1) is 0 Å². The molecule has 5 rings (SSSR count). The number of hydrogen-bond acceptors (Lipinski definition) is 4. The predicted molar refractivity (Wildman–Crippen MR) is 133 cm³/mol. The number of H-pyrrole nitrogens is 1. The maximum atomic E-state index is 13.4. The molecule has 0 bridgehead atoms. The van der Waals surface area contributed by atoms with Crippen molar-refractivity contribution in [2.45, 2.75) is 6.54 Å². The molecule has 1 N–H and O–H groups in total. The average Bonchev–Trinajstić information content (AvgIpc) is 3.13. The minimum atomic E-state index is -0.221. The first kappa shape index (κ1) is 21.8. The maximum Gasteiger partial charge on any atom is 0.280 e. The zero-order valence-corrected chi connectivity index (χ0v) is 19.6. The third kappa shape index (κ3) is 4.08. The molecular formula is C24H23Cl2N5O2. The molecule has 0 aliphatic carbocycles. The molecule has 0 atom stereocenters. The van der Waals surface area contributed by atoms with Crippen LogP contribution < -0.4 is 16.0 Å². The highest BCUT2D eigenvalue weighted by molar-refractivity contribution is 6.32. The van der Waals surface area contributed by atoms with Crippen molar-refractivity contribution < 1.29 is 0 Å². The number of aromatic amines is 1. The molecule has 0 saturated carbocycles. The maximum absolute atomic E-state index is 13.4. The van der Waals surface area contributed by atoms with Crippen molar-refractivity contribution in [1.82, 2.24) is 19.2 Å². The van der Waals surface area contributed by atoms with Gasteiger partial charge in [0, 0.05) is 62.2 Å². The van der Waals surface area contributed by atoms with E-state index >= 15 is 0 Å². The van der Waals surface area contributed by atoms with E-state index in [-0.39, 0.29) is 11.1 Å². The molecule has 2 aromatic heterocycles. The van der Waals surface area contributed by atoms with Gasteiger partial charge in [-0.3, -0.25) is 19.6 Å². The van der Waals surface area contributed by atoms with Gasteiger partial charge in [-0.25, -0.2) is 4.68 Å². The lowest BCUT2D eigenvalue weighted by Crippen LogP contribution is -2.46. The van der Waals surface area contributed by atoms with Crippen molar-refractivity contribution >= 4 is 39.8 Å². The molecule has 1 saturated heterocycles. The van der Waals surface area contributed by atoms with Crippen LogP contribution in [-0.2, 0) is 13.6 Å². The molecule has 0 spiro atoms. The minimum absolute atomic E-state index is 0.164. The van der Waals surface area contributed by atoms with Gasteiger partial charge in [-0.1, -0.05) is 41.4 Å². The first-order valence-electron chi connectivity index (χ1n) is 10.7. The lowest BCUT2D eigenvalue weighted by atomic mass is 10.2. The van der Waals surface area contributed by atoms with Gasteiger partial charge in [-0.2, -0.15) is 0 Å². The van der Waals surface area contributed by atoms with Crippen LogP contribution in [0.5, 0.6) is 0 Å². The molecule has 2 aromatic carbocycles. The summed E-state index contributed by atoms with van der Waals surface area (Å²) in [7, 11) is 1.71. The molecule has 7 nitrogen and oxygen atoms in total. The number of fused-ring (bicyclic) bond motifs is 1. The summed E-state index contributed by atoms with van der Waals surface area (Å²) in [5.41, 5.74) is 2.47. The van der Waals surface area contributed by atoms with Crippen molar-refractivity contribution in [3.8, 4) is 5.69 Å². The van der Waals surface area contributed by atoms with Crippen molar-refractivity contribution in [3.63, 3.8) is 0 Å². The Balaban J connectivity index is 1.46. The topological polar surface area (TPSA) is 66.3 Å². The highest BCUT2D eigenvalue weighted by Crippen LogP contribution is 2.23. The molecule has 0 unspecified atom stereocenters. The predicted octanol–water partition coefficient (Wildman–Crippen LogP) is 3.65. The van der Waals surface area contributed by atoms with Crippen LogP contribution in [0.3, 0.4) is 0 Å². The third-order valence-electron chi connectivity index (χ3n) is 6.22. The standard InChI is InChI=1S/C24H23Cl2N5O2/c1-28-21(15-29-9-11-30(12-10-29)17-6-4-5-16(25)13-17)23-19(14-22(28)32)27-31(24(23)33)20-8-3-2-7-18(20)26/h2-8,13-14,27H,9-12,15H2,1H3. The summed E-state index contributed by atoms with van der Waals surface area (Å²) in [4.78, 5) is 30.6. The molecule has 33 heavy (non-hydrogen) atoms. The van der Waals surface area contributed by atoms with Crippen molar-refractivity contribution in [2.24, 2.45) is 7.05 Å². The Kier molecular flexibility index (Phi) is 5.78. The fraction of sp³-hybridized carbons (Fsp3) is 0.250. The van der Waals surface area contributed by atoms with Crippen LogP contribution in [0.1, 0.15) is 5.69 Å². The van der Waals surface area contributed by atoms with Crippen LogP contribution in [0.25, 0.3) is 16.6 Å². The average molecular weight is 484 g/mol. The van der Waals surface area contributed by atoms with Gasteiger partial charge in [0.1, 0.15) is 0 Å². The highest BCUT2D eigenvalue weighted by atomic mass is 35.5. The molecule has 3 heterocycles. The lowest BCUT2D eigenvalue weighted by Gasteiger charge is -2.36. The van der Waals surface area contributed by atoms with Gasteiger partial charge in [0.25, 0.3) is 11.1 Å². The Hall–Kier alpha value is -3.00. The van der Waals surface area contributed by atoms with E-state index in [0.717, 1.165) is 36.9 Å². The normalized spacial score (nSPS) is 14.8. The summed E-state index contributed by atoms with van der Waals surface area (Å²) in [6, 6.07) is 16.4. The second-order valence-corrected chi connectivity index (χ2v) is 9.07. The molecule has 0 amide bonds. The summed E-state index contributed by atoms with van der Waals surface area (Å²) < 4.78 is 2.98. The number of hydrogen-bond donors (Lipinski definition) is 1. The molecule has 1 fully saturated rings. The number of rotatable bonds is 4. The van der Waals surface area contributed by atoms with E-state index in [0.29, 0.717) is 33.9 Å². The van der Waals surface area contributed by atoms with E-state index in [1.807, 2.05) is 30.3 Å². The Morgan fingerprint density at radius 3 is 2.42 bits per heavy atom. The van der Waals surface area contributed by atoms with Crippen LogP contribution >= 0.6 is 23.2 Å². The first-order chi connectivity index (χ1) is 15.9. The van der Waals surface area contributed by atoms with Gasteiger partial charge >= 0.3 is 0 Å². The molecule has 1 aliphatic heterocycles. The van der Waals surface area contributed by atoms with Gasteiger partial charge in [0.05, 0.1) is 21.6 Å². The van der Waals surface area contributed by atoms with Crippen molar-refractivity contribution in [3.05, 3.63) is 91.0 Å². The number of piperazine rings is 1. The molecule has 4 aromatic rings. The zero-order chi connectivity index (χ0) is 23.1. The van der Waals surface area contributed by atoms with E-state index in [2.05, 4.69) is 21.0 Å². The lowest BCUT2D eigenvalue weighted by molar-refractivity contribution is 0.245. The van der Waals surface area contributed by atoms with Crippen LogP contribution in [0.4, 0.5) is 5.69 Å². The smallest absolute Gasteiger partial charge is 0.280 e. The summed E-state index contributed by atoms with van der Waals surface area (Å²) >= 11 is 12.5. The largest absolute Gasteiger partial charge is 0.369 e. The number of pyridine rings is 1. The van der Waals surface area contributed by atoms with Gasteiger partial charge < -0.3 is 9.47 Å². The second-order valence-electron chi connectivity index (χ2n) is 8.22. The van der Waals surface area contributed by atoms with E-state index in [1.165, 1.54) is 10.7 Å². The molecule has 0 radical (unpaired) electrons. The van der Waals surface area contributed by atoms with Gasteiger partial charge in [-0.15, -0.1) is 0 Å². The van der Waals surface area contributed by atoms with E-state index in [1.54, 1.807) is 23.7 Å². The van der Waals surface area contributed by atoms with E-state index in [9.17, 15) is 9.59 Å². The Bertz CT molecular complexity index is 1450.